The summed E-state index contributed by atoms with van der Waals surface area (Å²) < 4.78 is 2.16. The van der Waals surface area contributed by atoms with Gasteiger partial charge in [0.1, 0.15) is 0 Å². The quantitative estimate of drug-likeness (QED) is 0.786. The maximum atomic E-state index is 4.45. The SMILES string of the molecule is CCCNC(CC1CC1)c1ccnn1C(C)C. The third kappa shape index (κ3) is 3.32. The van der Waals surface area contributed by atoms with E-state index in [1.807, 2.05) is 6.20 Å². The third-order valence-corrected chi connectivity index (χ3v) is 3.45. The van der Waals surface area contributed by atoms with Crippen molar-refractivity contribution in [3.8, 4) is 0 Å². The van der Waals surface area contributed by atoms with Gasteiger partial charge in [-0.25, -0.2) is 0 Å². The molecule has 3 nitrogen and oxygen atoms in total. The minimum atomic E-state index is 0.449. The predicted octanol–water partition coefficient (Wildman–Crippen LogP) is 3.30. The minimum Gasteiger partial charge on any atom is -0.309 e. The molecule has 0 amide bonds. The highest BCUT2D eigenvalue weighted by Gasteiger charge is 2.27. The van der Waals surface area contributed by atoms with E-state index in [4.69, 9.17) is 0 Å². The molecule has 0 aliphatic heterocycles. The van der Waals surface area contributed by atoms with E-state index < -0.39 is 0 Å². The van der Waals surface area contributed by atoms with E-state index in [9.17, 15) is 0 Å². The first-order valence-electron chi connectivity index (χ1n) is 6.99. The van der Waals surface area contributed by atoms with Crippen LogP contribution < -0.4 is 5.32 Å². The number of aromatic nitrogens is 2. The van der Waals surface area contributed by atoms with Crippen LogP contribution in [0.5, 0.6) is 0 Å². The van der Waals surface area contributed by atoms with Crippen LogP contribution in [0.4, 0.5) is 0 Å². The van der Waals surface area contributed by atoms with E-state index in [0.29, 0.717) is 12.1 Å². The first-order chi connectivity index (χ1) is 8.22. The molecule has 2 rings (SSSR count). The summed E-state index contributed by atoms with van der Waals surface area (Å²) in [5.41, 5.74) is 1.36. The zero-order chi connectivity index (χ0) is 12.3. The first kappa shape index (κ1) is 12.6. The Morgan fingerprint density at radius 3 is 2.82 bits per heavy atom. The smallest absolute Gasteiger partial charge is 0.0556 e. The lowest BCUT2D eigenvalue weighted by Gasteiger charge is -2.21. The second-order valence-electron chi connectivity index (χ2n) is 5.48. The fraction of sp³-hybridized carbons (Fsp3) is 0.786. The average Bonchev–Trinajstić information content (AvgIpc) is 2.97. The Hall–Kier alpha value is -0.830. The Morgan fingerprint density at radius 2 is 2.24 bits per heavy atom. The van der Waals surface area contributed by atoms with E-state index in [1.54, 1.807) is 0 Å². The lowest BCUT2D eigenvalue weighted by Crippen LogP contribution is -2.26. The summed E-state index contributed by atoms with van der Waals surface area (Å²) in [4.78, 5) is 0. The van der Waals surface area contributed by atoms with Crippen molar-refractivity contribution in [1.29, 1.82) is 0 Å². The van der Waals surface area contributed by atoms with Crippen molar-refractivity contribution < 1.29 is 0 Å². The van der Waals surface area contributed by atoms with Crippen LogP contribution in [0.2, 0.25) is 0 Å². The van der Waals surface area contributed by atoms with Crippen molar-refractivity contribution in [2.24, 2.45) is 5.92 Å². The van der Waals surface area contributed by atoms with E-state index in [-0.39, 0.29) is 0 Å². The number of nitrogens with zero attached hydrogens (tertiary/aromatic N) is 2. The zero-order valence-corrected chi connectivity index (χ0v) is 11.3. The Labute approximate surface area is 105 Å². The monoisotopic (exact) mass is 235 g/mol. The van der Waals surface area contributed by atoms with Gasteiger partial charge in [0.15, 0.2) is 0 Å². The minimum absolute atomic E-state index is 0.449. The van der Waals surface area contributed by atoms with Crippen molar-refractivity contribution >= 4 is 0 Å². The van der Waals surface area contributed by atoms with Crippen molar-refractivity contribution in [1.82, 2.24) is 15.1 Å². The number of nitrogens with one attached hydrogen (secondary N) is 1. The highest BCUT2D eigenvalue weighted by molar-refractivity contribution is 5.09. The van der Waals surface area contributed by atoms with Crippen molar-refractivity contribution in [3.05, 3.63) is 18.0 Å². The molecule has 96 valence electrons. The van der Waals surface area contributed by atoms with Crippen molar-refractivity contribution in [2.45, 2.75) is 58.5 Å². The maximum absolute atomic E-state index is 4.45. The number of hydrogen-bond donors (Lipinski definition) is 1. The highest BCUT2D eigenvalue weighted by Crippen LogP contribution is 2.37. The molecule has 1 atom stereocenters. The van der Waals surface area contributed by atoms with Gasteiger partial charge in [-0.15, -0.1) is 0 Å². The standard InChI is InChI=1S/C14H25N3/c1-4-8-15-13(10-12-5-6-12)14-7-9-16-17(14)11(2)3/h7,9,11-13,15H,4-6,8,10H2,1-3H3. The Kier molecular flexibility index (Phi) is 4.21. The van der Waals surface area contributed by atoms with Crippen molar-refractivity contribution in [3.63, 3.8) is 0 Å². The lowest BCUT2D eigenvalue weighted by atomic mass is 10.1. The fourth-order valence-corrected chi connectivity index (χ4v) is 2.35. The Morgan fingerprint density at radius 1 is 1.47 bits per heavy atom. The molecular formula is C14H25N3. The van der Waals surface area contributed by atoms with E-state index in [2.05, 4.69) is 41.9 Å². The zero-order valence-electron chi connectivity index (χ0n) is 11.3. The van der Waals surface area contributed by atoms with Crippen LogP contribution in [0, 0.1) is 5.92 Å². The summed E-state index contributed by atoms with van der Waals surface area (Å²) in [7, 11) is 0. The molecule has 0 bridgehead atoms. The van der Waals surface area contributed by atoms with Gasteiger partial charge in [0.2, 0.25) is 0 Å². The van der Waals surface area contributed by atoms with Gasteiger partial charge in [-0.05, 0) is 45.2 Å². The predicted molar refractivity (Wildman–Crippen MR) is 71.0 cm³/mol. The van der Waals surface area contributed by atoms with Crippen LogP contribution in [-0.2, 0) is 0 Å². The molecule has 1 N–H and O–H groups in total. The normalized spacial score (nSPS) is 17.6. The summed E-state index contributed by atoms with van der Waals surface area (Å²) in [6.45, 7) is 7.72. The molecule has 0 saturated heterocycles. The topological polar surface area (TPSA) is 29.9 Å². The van der Waals surface area contributed by atoms with Crippen molar-refractivity contribution in [2.75, 3.05) is 6.54 Å². The molecule has 0 aromatic carbocycles. The molecule has 1 saturated carbocycles. The molecular weight excluding hydrogens is 210 g/mol. The van der Waals surface area contributed by atoms with Gasteiger partial charge in [-0.2, -0.15) is 5.10 Å². The highest BCUT2D eigenvalue weighted by atomic mass is 15.3. The molecule has 1 aliphatic rings. The van der Waals surface area contributed by atoms with Gasteiger partial charge < -0.3 is 5.32 Å². The van der Waals surface area contributed by atoms with Gasteiger partial charge in [0.05, 0.1) is 5.69 Å². The number of rotatable bonds is 7. The third-order valence-electron chi connectivity index (χ3n) is 3.45. The van der Waals surface area contributed by atoms with Gasteiger partial charge in [0.25, 0.3) is 0 Å². The summed E-state index contributed by atoms with van der Waals surface area (Å²) in [6, 6.07) is 3.12. The maximum Gasteiger partial charge on any atom is 0.0556 e. The molecule has 0 spiro atoms. The van der Waals surface area contributed by atoms with Crippen LogP contribution in [0.15, 0.2) is 12.3 Å². The van der Waals surface area contributed by atoms with Crippen LogP contribution >= 0.6 is 0 Å². The summed E-state index contributed by atoms with van der Waals surface area (Å²) in [5, 5.41) is 8.13. The van der Waals surface area contributed by atoms with E-state index in [1.165, 1.54) is 31.4 Å². The molecule has 1 unspecified atom stereocenters. The molecule has 1 aliphatic carbocycles. The summed E-state index contributed by atoms with van der Waals surface area (Å²) >= 11 is 0. The van der Waals surface area contributed by atoms with Crippen LogP contribution in [0.3, 0.4) is 0 Å². The number of hydrogen-bond acceptors (Lipinski definition) is 2. The summed E-state index contributed by atoms with van der Waals surface area (Å²) in [5.74, 6) is 0.944. The Bertz CT molecular complexity index is 339. The van der Waals surface area contributed by atoms with Crippen LogP contribution in [0.1, 0.15) is 64.2 Å². The second kappa shape index (κ2) is 5.67. The molecule has 1 heterocycles. The van der Waals surface area contributed by atoms with Gasteiger partial charge in [-0.1, -0.05) is 19.8 Å². The van der Waals surface area contributed by atoms with E-state index in [0.717, 1.165) is 12.5 Å². The van der Waals surface area contributed by atoms with Gasteiger partial charge in [-0.3, -0.25) is 4.68 Å². The molecule has 1 aromatic rings. The molecule has 1 fully saturated rings. The molecule has 0 radical (unpaired) electrons. The summed E-state index contributed by atoms with van der Waals surface area (Å²) in [6.07, 6.45) is 7.23. The van der Waals surface area contributed by atoms with Gasteiger partial charge in [0, 0.05) is 18.3 Å². The largest absolute Gasteiger partial charge is 0.309 e. The lowest BCUT2D eigenvalue weighted by molar-refractivity contribution is 0.414. The van der Waals surface area contributed by atoms with Gasteiger partial charge >= 0.3 is 0 Å². The molecule has 3 heteroatoms. The Balaban J connectivity index is 2.08. The van der Waals surface area contributed by atoms with Crippen LogP contribution in [0.25, 0.3) is 0 Å². The average molecular weight is 235 g/mol. The second-order valence-corrected chi connectivity index (χ2v) is 5.48. The molecule has 17 heavy (non-hydrogen) atoms. The van der Waals surface area contributed by atoms with Crippen LogP contribution in [-0.4, -0.2) is 16.3 Å². The first-order valence-corrected chi connectivity index (χ1v) is 6.99. The molecule has 1 aromatic heterocycles. The van der Waals surface area contributed by atoms with E-state index >= 15 is 0 Å². The fourth-order valence-electron chi connectivity index (χ4n) is 2.35.